The van der Waals surface area contributed by atoms with Crippen LogP contribution in [0.4, 0.5) is 5.00 Å². The lowest BCUT2D eigenvalue weighted by atomic mass is 10.0. The highest BCUT2D eigenvalue weighted by molar-refractivity contribution is 7.99. The van der Waals surface area contributed by atoms with Crippen molar-refractivity contribution in [2.45, 2.75) is 25.5 Å². The second kappa shape index (κ2) is 10.5. The van der Waals surface area contributed by atoms with Gasteiger partial charge in [-0.1, -0.05) is 42.1 Å². The van der Waals surface area contributed by atoms with E-state index < -0.39 is 5.97 Å². The number of amides is 1. The molecule has 0 saturated heterocycles. The minimum Gasteiger partial charge on any atom is -0.462 e. The Balaban J connectivity index is 1.50. The van der Waals surface area contributed by atoms with Crippen molar-refractivity contribution in [3.8, 4) is 22.7 Å². The summed E-state index contributed by atoms with van der Waals surface area (Å²) in [6, 6.07) is 13.1. The second-order valence-corrected chi connectivity index (χ2v) is 8.63. The largest absolute Gasteiger partial charge is 0.462 e. The summed E-state index contributed by atoms with van der Waals surface area (Å²) in [5.74, 6) is 0.621. The van der Waals surface area contributed by atoms with Gasteiger partial charge in [-0.25, -0.2) is 4.79 Å². The van der Waals surface area contributed by atoms with Crippen molar-refractivity contribution < 1.29 is 18.7 Å². The van der Waals surface area contributed by atoms with E-state index in [0.29, 0.717) is 33.9 Å². The van der Waals surface area contributed by atoms with E-state index in [4.69, 9.17) is 9.15 Å². The van der Waals surface area contributed by atoms with E-state index in [1.165, 1.54) is 23.1 Å². The first kappa shape index (κ1) is 22.8. The van der Waals surface area contributed by atoms with Gasteiger partial charge in [0.25, 0.3) is 0 Å². The van der Waals surface area contributed by atoms with Crippen molar-refractivity contribution in [3.63, 3.8) is 0 Å². The zero-order chi connectivity index (χ0) is 23.2. The van der Waals surface area contributed by atoms with Crippen molar-refractivity contribution in [2.24, 2.45) is 0 Å². The lowest BCUT2D eigenvalue weighted by Gasteiger charge is -2.09. The van der Waals surface area contributed by atoms with Crippen LogP contribution >= 0.6 is 23.1 Å². The number of thiophene rings is 1. The number of carbonyl (C=O) groups is 2. The molecular formula is C23H22N4O4S2. The van der Waals surface area contributed by atoms with Crippen LogP contribution in [0.2, 0.25) is 0 Å². The highest BCUT2D eigenvalue weighted by Crippen LogP contribution is 2.36. The van der Waals surface area contributed by atoms with Crippen molar-refractivity contribution in [2.75, 3.05) is 17.7 Å². The van der Waals surface area contributed by atoms with Gasteiger partial charge in [0.15, 0.2) is 16.7 Å². The number of esters is 1. The molecule has 0 unspecified atom stereocenters. The maximum Gasteiger partial charge on any atom is 0.341 e. The molecule has 1 aromatic carbocycles. The standard InChI is InChI=1S/C23H22N4O4S2/c1-3-27-20(17-11-8-12-31-17)25-26-23(27)33-14-18(28)24-21-19(22(29)30-4-2)16(13-32-21)15-9-6-5-7-10-15/h5-13H,3-4,14H2,1-2H3,(H,24,28). The molecule has 0 bridgehead atoms. The Morgan fingerprint density at radius 3 is 2.67 bits per heavy atom. The van der Waals surface area contributed by atoms with Crippen molar-refractivity contribution in [1.82, 2.24) is 14.8 Å². The Labute approximate surface area is 199 Å². The molecule has 0 aliphatic heterocycles. The molecule has 8 nitrogen and oxygen atoms in total. The summed E-state index contributed by atoms with van der Waals surface area (Å²) in [5, 5.41) is 14.2. The van der Waals surface area contributed by atoms with Crippen LogP contribution in [-0.4, -0.2) is 39.0 Å². The average Bonchev–Trinajstić information content (AvgIpc) is 3.57. The molecule has 4 aromatic rings. The van der Waals surface area contributed by atoms with Gasteiger partial charge in [0.05, 0.1) is 18.6 Å². The van der Waals surface area contributed by atoms with Gasteiger partial charge in [0, 0.05) is 17.5 Å². The maximum atomic E-state index is 12.7. The van der Waals surface area contributed by atoms with Gasteiger partial charge in [0.1, 0.15) is 10.6 Å². The van der Waals surface area contributed by atoms with Crippen LogP contribution in [0.5, 0.6) is 0 Å². The molecule has 3 heterocycles. The molecule has 0 atom stereocenters. The van der Waals surface area contributed by atoms with Gasteiger partial charge in [-0.15, -0.1) is 21.5 Å². The zero-order valence-electron chi connectivity index (χ0n) is 18.1. The summed E-state index contributed by atoms with van der Waals surface area (Å²) in [6.07, 6.45) is 1.58. The molecule has 4 rings (SSSR count). The number of thioether (sulfide) groups is 1. The van der Waals surface area contributed by atoms with Crippen LogP contribution < -0.4 is 5.32 Å². The van der Waals surface area contributed by atoms with Gasteiger partial charge in [-0.2, -0.15) is 0 Å². The van der Waals surface area contributed by atoms with Crippen molar-refractivity contribution >= 4 is 40.0 Å². The molecule has 0 fully saturated rings. The Bertz CT molecular complexity index is 1230. The number of nitrogens with zero attached hydrogens (tertiary/aromatic N) is 3. The van der Waals surface area contributed by atoms with Crippen molar-refractivity contribution in [1.29, 1.82) is 0 Å². The fourth-order valence-electron chi connectivity index (χ4n) is 3.25. The fraction of sp³-hybridized carbons (Fsp3) is 0.217. The average molecular weight is 483 g/mol. The first-order chi connectivity index (χ1) is 16.1. The van der Waals surface area contributed by atoms with Crippen LogP contribution in [0.3, 0.4) is 0 Å². The van der Waals surface area contributed by atoms with Crippen molar-refractivity contribution in [3.05, 3.63) is 59.7 Å². The van der Waals surface area contributed by atoms with E-state index in [1.54, 1.807) is 19.3 Å². The highest BCUT2D eigenvalue weighted by Gasteiger charge is 2.23. The number of hydrogen-bond acceptors (Lipinski definition) is 8. The van der Waals surface area contributed by atoms with Crippen LogP contribution in [0.15, 0.2) is 63.7 Å². The number of carbonyl (C=O) groups excluding carboxylic acids is 2. The number of hydrogen-bond donors (Lipinski definition) is 1. The number of benzene rings is 1. The van der Waals surface area contributed by atoms with Gasteiger partial charge < -0.3 is 14.5 Å². The quantitative estimate of drug-likeness (QED) is 0.259. The summed E-state index contributed by atoms with van der Waals surface area (Å²) in [6.45, 7) is 4.60. The predicted octanol–water partition coefficient (Wildman–Crippen LogP) is 5.19. The topological polar surface area (TPSA) is 99.2 Å². The van der Waals surface area contributed by atoms with E-state index >= 15 is 0 Å². The van der Waals surface area contributed by atoms with Crippen LogP contribution in [0, 0.1) is 0 Å². The summed E-state index contributed by atoms with van der Waals surface area (Å²) in [4.78, 5) is 25.4. The van der Waals surface area contributed by atoms with Gasteiger partial charge in [-0.3, -0.25) is 9.36 Å². The predicted molar refractivity (Wildman–Crippen MR) is 128 cm³/mol. The number of furan rings is 1. The number of rotatable bonds is 9. The molecule has 0 saturated carbocycles. The zero-order valence-corrected chi connectivity index (χ0v) is 19.7. The van der Waals surface area contributed by atoms with Gasteiger partial charge in [0.2, 0.25) is 5.91 Å². The minimum atomic E-state index is -0.464. The molecule has 0 radical (unpaired) electrons. The minimum absolute atomic E-state index is 0.108. The third-order valence-electron chi connectivity index (χ3n) is 4.72. The number of nitrogens with one attached hydrogen (secondary N) is 1. The Hall–Kier alpha value is -3.37. The van der Waals surface area contributed by atoms with Gasteiger partial charge >= 0.3 is 5.97 Å². The Morgan fingerprint density at radius 1 is 1.15 bits per heavy atom. The summed E-state index contributed by atoms with van der Waals surface area (Å²) >= 11 is 2.57. The molecule has 10 heteroatoms. The van der Waals surface area contributed by atoms with E-state index in [-0.39, 0.29) is 18.3 Å². The Kier molecular flexibility index (Phi) is 7.26. The van der Waals surface area contributed by atoms with Crippen LogP contribution in [0.1, 0.15) is 24.2 Å². The summed E-state index contributed by atoms with van der Waals surface area (Å²) < 4.78 is 12.6. The molecule has 0 aliphatic rings. The SMILES string of the molecule is CCOC(=O)c1c(-c2ccccc2)csc1NC(=O)CSc1nnc(-c2ccco2)n1CC. The van der Waals surface area contributed by atoms with E-state index in [9.17, 15) is 9.59 Å². The third-order valence-corrected chi connectivity index (χ3v) is 6.58. The molecule has 3 aromatic heterocycles. The highest BCUT2D eigenvalue weighted by atomic mass is 32.2. The van der Waals surface area contributed by atoms with Crippen LogP contribution in [-0.2, 0) is 16.1 Å². The molecule has 0 aliphatic carbocycles. The van der Waals surface area contributed by atoms with E-state index in [1.807, 2.05) is 53.3 Å². The molecule has 33 heavy (non-hydrogen) atoms. The monoisotopic (exact) mass is 482 g/mol. The third kappa shape index (κ3) is 5.01. The van der Waals surface area contributed by atoms with Crippen LogP contribution in [0.25, 0.3) is 22.7 Å². The number of anilines is 1. The molecule has 170 valence electrons. The fourth-order valence-corrected chi connectivity index (χ4v) is 5.02. The lowest BCUT2D eigenvalue weighted by molar-refractivity contribution is -0.113. The van der Waals surface area contributed by atoms with Gasteiger partial charge in [-0.05, 0) is 31.5 Å². The number of ether oxygens (including phenoxy) is 1. The molecule has 1 amide bonds. The molecular weight excluding hydrogens is 460 g/mol. The number of aromatic nitrogens is 3. The molecule has 0 spiro atoms. The Morgan fingerprint density at radius 2 is 1.97 bits per heavy atom. The second-order valence-electron chi connectivity index (χ2n) is 6.80. The maximum absolute atomic E-state index is 12.7. The smallest absolute Gasteiger partial charge is 0.341 e. The summed E-state index contributed by atoms with van der Waals surface area (Å²) in [7, 11) is 0. The lowest BCUT2D eigenvalue weighted by Crippen LogP contribution is -2.16. The molecule has 1 N–H and O–H groups in total. The van der Waals surface area contributed by atoms with E-state index in [0.717, 1.165) is 11.1 Å². The summed E-state index contributed by atoms with van der Waals surface area (Å²) in [5.41, 5.74) is 1.98. The van der Waals surface area contributed by atoms with E-state index in [2.05, 4.69) is 15.5 Å². The normalized spacial score (nSPS) is 10.8. The first-order valence-corrected chi connectivity index (χ1v) is 12.2. The first-order valence-electron chi connectivity index (χ1n) is 10.4.